The summed E-state index contributed by atoms with van der Waals surface area (Å²) in [5.41, 5.74) is 6.02. The van der Waals surface area contributed by atoms with Gasteiger partial charge in [0.2, 0.25) is 0 Å². The maximum atomic E-state index is 2.40. The van der Waals surface area contributed by atoms with Gasteiger partial charge in [0.05, 0.1) is 0 Å². The van der Waals surface area contributed by atoms with Gasteiger partial charge >= 0.3 is 0 Å². The Morgan fingerprint density at radius 1 is 0.833 bits per heavy atom. The number of nitrogens with zero attached hydrogens (tertiary/aromatic N) is 1. The van der Waals surface area contributed by atoms with Crippen LogP contribution in [0.4, 0.5) is 0 Å². The molecule has 0 fully saturated rings. The molecular formula is C17H21N. The van der Waals surface area contributed by atoms with Crippen LogP contribution in [0.2, 0.25) is 0 Å². The summed E-state index contributed by atoms with van der Waals surface area (Å²) in [6.45, 7) is 6.69. The monoisotopic (exact) mass is 239 g/mol. The molecule has 3 rings (SSSR count). The summed E-state index contributed by atoms with van der Waals surface area (Å²) in [6, 6.07) is 9.33. The predicted octanol–water partition coefficient (Wildman–Crippen LogP) is 3.91. The van der Waals surface area contributed by atoms with Crippen molar-refractivity contribution < 1.29 is 0 Å². The van der Waals surface area contributed by atoms with E-state index in [0.29, 0.717) is 0 Å². The van der Waals surface area contributed by atoms with Crippen LogP contribution in [0.3, 0.4) is 0 Å². The molecule has 1 heteroatoms. The summed E-state index contributed by atoms with van der Waals surface area (Å²) >= 11 is 0. The maximum absolute atomic E-state index is 2.40. The van der Waals surface area contributed by atoms with Crippen molar-refractivity contribution in [2.24, 2.45) is 0 Å². The zero-order valence-corrected chi connectivity index (χ0v) is 11.6. The zero-order valence-electron chi connectivity index (χ0n) is 11.6. The minimum Gasteiger partial charge on any atom is -0.298 e. The van der Waals surface area contributed by atoms with Crippen molar-refractivity contribution in [2.75, 3.05) is 7.05 Å². The molecule has 94 valence electrons. The first kappa shape index (κ1) is 11.7. The Balaban J connectivity index is 2.40. The minimum absolute atomic E-state index is 1.08. The van der Waals surface area contributed by atoms with Gasteiger partial charge in [0.15, 0.2) is 0 Å². The average Bonchev–Trinajstić information content (AvgIpc) is 2.39. The maximum Gasteiger partial charge on any atom is 0.0240 e. The Morgan fingerprint density at radius 3 is 1.78 bits per heavy atom. The lowest BCUT2D eigenvalue weighted by atomic mass is 9.88. The summed E-state index contributed by atoms with van der Waals surface area (Å²) in [5, 5.41) is 3.09. The highest BCUT2D eigenvalue weighted by Crippen LogP contribution is 2.34. The fourth-order valence-electron chi connectivity index (χ4n) is 3.28. The van der Waals surface area contributed by atoms with Crippen molar-refractivity contribution in [1.29, 1.82) is 0 Å². The van der Waals surface area contributed by atoms with Crippen LogP contribution in [0, 0.1) is 0 Å². The van der Waals surface area contributed by atoms with Crippen LogP contribution in [0.5, 0.6) is 0 Å². The Hall–Kier alpha value is -1.34. The molecule has 0 bridgehead atoms. The molecule has 2 aromatic carbocycles. The van der Waals surface area contributed by atoms with Gasteiger partial charge in [-0.3, -0.25) is 4.90 Å². The second kappa shape index (κ2) is 4.40. The summed E-state index contributed by atoms with van der Waals surface area (Å²) in [6.07, 6.45) is 2.26. The molecule has 0 spiro atoms. The molecule has 18 heavy (non-hydrogen) atoms. The Labute approximate surface area is 109 Å². The molecule has 0 atom stereocenters. The molecule has 0 amide bonds. The van der Waals surface area contributed by atoms with Gasteiger partial charge in [-0.1, -0.05) is 38.1 Å². The highest BCUT2D eigenvalue weighted by molar-refractivity contribution is 5.94. The third-order valence-corrected chi connectivity index (χ3v) is 4.15. The fourth-order valence-corrected chi connectivity index (χ4v) is 3.28. The molecule has 1 aliphatic heterocycles. The van der Waals surface area contributed by atoms with E-state index < -0.39 is 0 Å². The molecule has 0 N–H and O–H groups in total. The number of benzene rings is 2. The molecule has 2 aromatic rings. The average molecular weight is 239 g/mol. The van der Waals surface area contributed by atoms with Crippen LogP contribution in [-0.2, 0) is 25.9 Å². The smallest absolute Gasteiger partial charge is 0.0240 e. The minimum atomic E-state index is 1.08. The van der Waals surface area contributed by atoms with Gasteiger partial charge in [0, 0.05) is 13.1 Å². The number of rotatable bonds is 2. The standard InChI is InChI=1S/C17H21N/c1-4-12-6-8-14-10-18(3)11-15-9-7-13(5-2)16(12)17(14)15/h6-9H,4-5,10-11H2,1-3H3. The van der Waals surface area contributed by atoms with Gasteiger partial charge in [-0.05, 0) is 52.9 Å². The normalized spacial score (nSPS) is 15.3. The van der Waals surface area contributed by atoms with Crippen molar-refractivity contribution in [3.05, 3.63) is 46.5 Å². The summed E-state index contributed by atoms with van der Waals surface area (Å²) in [5.74, 6) is 0. The lowest BCUT2D eigenvalue weighted by Gasteiger charge is -2.27. The van der Waals surface area contributed by atoms with Gasteiger partial charge < -0.3 is 0 Å². The van der Waals surface area contributed by atoms with Crippen LogP contribution in [-0.4, -0.2) is 11.9 Å². The Morgan fingerprint density at radius 2 is 1.33 bits per heavy atom. The van der Waals surface area contributed by atoms with E-state index in [4.69, 9.17) is 0 Å². The number of aryl methyl sites for hydroxylation is 2. The van der Waals surface area contributed by atoms with Crippen LogP contribution >= 0.6 is 0 Å². The van der Waals surface area contributed by atoms with E-state index in [1.54, 1.807) is 10.8 Å². The van der Waals surface area contributed by atoms with Crippen molar-refractivity contribution in [1.82, 2.24) is 4.90 Å². The molecule has 0 aromatic heterocycles. The van der Waals surface area contributed by atoms with E-state index >= 15 is 0 Å². The van der Waals surface area contributed by atoms with Gasteiger partial charge in [-0.2, -0.15) is 0 Å². The molecule has 0 radical (unpaired) electrons. The third kappa shape index (κ3) is 1.65. The first-order valence-electron chi connectivity index (χ1n) is 6.98. The zero-order chi connectivity index (χ0) is 12.7. The van der Waals surface area contributed by atoms with Gasteiger partial charge in [0.1, 0.15) is 0 Å². The number of hydrogen-bond donors (Lipinski definition) is 0. The topological polar surface area (TPSA) is 3.24 Å². The fraction of sp³-hybridized carbons (Fsp3) is 0.412. The summed E-state index contributed by atoms with van der Waals surface area (Å²) in [7, 11) is 2.20. The quantitative estimate of drug-likeness (QED) is 0.768. The third-order valence-electron chi connectivity index (χ3n) is 4.15. The predicted molar refractivity (Wildman–Crippen MR) is 77.9 cm³/mol. The van der Waals surface area contributed by atoms with E-state index in [1.165, 1.54) is 22.3 Å². The highest BCUT2D eigenvalue weighted by Gasteiger charge is 2.18. The molecule has 1 nitrogen and oxygen atoms in total. The molecule has 0 saturated heterocycles. The van der Waals surface area contributed by atoms with Crippen LogP contribution < -0.4 is 0 Å². The molecule has 0 unspecified atom stereocenters. The molecule has 0 aliphatic carbocycles. The van der Waals surface area contributed by atoms with Gasteiger partial charge in [0.25, 0.3) is 0 Å². The van der Waals surface area contributed by atoms with E-state index in [1.807, 2.05) is 0 Å². The summed E-state index contributed by atoms with van der Waals surface area (Å²) in [4.78, 5) is 2.40. The summed E-state index contributed by atoms with van der Waals surface area (Å²) < 4.78 is 0. The first-order valence-corrected chi connectivity index (χ1v) is 6.98. The second-order valence-corrected chi connectivity index (χ2v) is 5.40. The molecule has 1 aliphatic rings. The highest BCUT2D eigenvalue weighted by atomic mass is 15.1. The number of hydrogen-bond acceptors (Lipinski definition) is 1. The second-order valence-electron chi connectivity index (χ2n) is 5.40. The lowest BCUT2D eigenvalue weighted by molar-refractivity contribution is 0.314. The van der Waals surface area contributed by atoms with E-state index in [0.717, 1.165) is 25.9 Å². The van der Waals surface area contributed by atoms with E-state index in [-0.39, 0.29) is 0 Å². The largest absolute Gasteiger partial charge is 0.298 e. The molecule has 0 saturated carbocycles. The van der Waals surface area contributed by atoms with Gasteiger partial charge in [-0.15, -0.1) is 0 Å². The SMILES string of the molecule is CCc1ccc2c3c(ccc(CC)c13)CN(C)C2. The van der Waals surface area contributed by atoms with Crippen LogP contribution in [0.1, 0.15) is 36.1 Å². The Kier molecular flexibility index (Phi) is 2.87. The first-order chi connectivity index (χ1) is 8.74. The molecular weight excluding hydrogens is 218 g/mol. The van der Waals surface area contributed by atoms with Gasteiger partial charge in [-0.25, -0.2) is 0 Å². The van der Waals surface area contributed by atoms with Crippen LogP contribution in [0.15, 0.2) is 24.3 Å². The van der Waals surface area contributed by atoms with E-state index in [2.05, 4.69) is 50.1 Å². The van der Waals surface area contributed by atoms with Crippen molar-refractivity contribution in [3.63, 3.8) is 0 Å². The van der Waals surface area contributed by atoms with Crippen LogP contribution in [0.25, 0.3) is 10.8 Å². The molecule has 1 heterocycles. The van der Waals surface area contributed by atoms with Crippen molar-refractivity contribution in [3.8, 4) is 0 Å². The van der Waals surface area contributed by atoms with Crippen molar-refractivity contribution >= 4 is 10.8 Å². The Bertz CT molecular complexity index is 549. The van der Waals surface area contributed by atoms with Crippen molar-refractivity contribution in [2.45, 2.75) is 39.8 Å². The lowest BCUT2D eigenvalue weighted by Crippen LogP contribution is -2.22. The van der Waals surface area contributed by atoms with E-state index in [9.17, 15) is 0 Å².